The summed E-state index contributed by atoms with van der Waals surface area (Å²) in [6.45, 7) is 0. The van der Waals surface area contributed by atoms with Gasteiger partial charge in [-0.05, 0) is 22.6 Å². The summed E-state index contributed by atoms with van der Waals surface area (Å²) in [5, 5.41) is 5.95. The van der Waals surface area contributed by atoms with Gasteiger partial charge in [-0.3, -0.25) is 4.79 Å². The van der Waals surface area contributed by atoms with Gasteiger partial charge in [0.05, 0.1) is 5.69 Å². The summed E-state index contributed by atoms with van der Waals surface area (Å²) in [4.78, 5) is 12.2. The van der Waals surface area contributed by atoms with Gasteiger partial charge >= 0.3 is 0 Å². The first-order valence-corrected chi connectivity index (χ1v) is 7.68. The van der Waals surface area contributed by atoms with E-state index in [0.29, 0.717) is 11.4 Å². The topological polar surface area (TPSA) is 29.1 Å². The first-order chi connectivity index (χ1) is 10.7. The smallest absolute Gasteiger partial charge is 0.225 e. The van der Waals surface area contributed by atoms with Gasteiger partial charge < -0.3 is 5.32 Å². The van der Waals surface area contributed by atoms with Crippen LogP contribution in [0.1, 0.15) is 23.5 Å². The van der Waals surface area contributed by atoms with Crippen LogP contribution in [0, 0.1) is 0 Å². The zero-order chi connectivity index (χ0) is 15.1. The maximum Gasteiger partial charge on any atom is 0.225 e. The predicted octanol–water partition coefficient (Wildman–Crippen LogP) is 4.97. The third-order valence-corrected chi connectivity index (χ3v) is 4.62. The molecule has 3 aromatic rings. The molecule has 3 aromatic carbocycles. The first-order valence-electron chi connectivity index (χ1n) is 7.30. The second kappa shape index (κ2) is 5.15. The van der Waals surface area contributed by atoms with Crippen LogP contribution in [0.2, 0.25) is 5.02 Å². The maximum absolute atomic E-state index is 12.2. The molecule has 22 heavy (non-hydrogen) atoms. The van der Waals surface area contributed by atoms with Crippen molar-refractivity contribution in [3.8, 4) is 0 Å². The normalized spacial score (nSPS) is 17.1. The number of benzene rings is 3. The quantitative estimate of drug-likeness (QED) is 0.676. The van der Waals surface area contributed by atoms with Crippen molar-refractivity contribution in [3.63, 3.8) is 0 Å². The third kappa shape index (κ3) is 2.08. The number of rotatable bonds is 1. The summed E-state index contributed by atoms with van der Waals surface area (Å²) in [6, 6.07) is 20.1. The fourth-order valence-corrected chi connectivity index (χ4v) is 3.51. The van der Waals surface area contributed by atoms with Crippen molar-refractivity contribution in [2.75, 3.05) is 5.32 Å². The largest absolute Gasteiger partial charge is 0.325 e. The molecule has 0 aromatic heterocycles. The fourth-order valence-electron chi connectivity index (χ4n) is 3.24. The summed E-state index contributed by atoms with van der Waals surface area (Å²) < 4.78 is 0. The summed E-state index contributed by atoms with van der Waals surface area (Å²) >= 11 is 6.36. The highest BCUT2D eigenvalue weighted by atomic mass is 35.5. The van der Waals surface area contributed by atoms with Gasteiger partial charge in [-0.15, -0.1) is 0 Å². The molecule has 0 spiro atoms. The van der Waals surface area contributed by atoms with E-state index in [1.807, 2.05) is 42.5 Å². The predicted molar refractivity (Wildman–Crippen MR) is 90.5 cm³/mol. The Morgan fingerprint density at radius 1 is 0.909 bits per heavy atom. The Balaban J connectivity index is 1.97. The molecule has 2 nitrogen and oxygen atoms in total. The van der Waals surface area contributed by atoms with Crippen molar-refractivity contribution in [1.29, 1.82) is 0 Å². The summed E-state index contributed by atoms with van der Waals surface area (Å²) in [7, 11) is 0. The number of hydrogen-bond acceptors (Lipinski definition) is 1. The number of halogens is 1. The standard InChI is InChI=1S/C19H14ClNO/c20-17-8-4-3-7-14(17)16-11-18(22)21-19-13-6-2-1-5-12(13)9-10-15(16)19/h1-10,16H,11H2,(H,21,22)/t16-/m1/s1. The van der Waals surface area contributed by atoms with Gasteiger partial charge in [0.2, 0.25) is 5.91 Å². The molecule has 3 heteroatoms. The average Bonchev–Trinajstić information content (AvgIpc) is 2.54. The minimum absolute atomic E-state index is 0.00190. The molecule has 1 amide bonds. The fraction of sp³-hybridized carbons (Fsp3) is 0.105. The van der Waals surface area contributed by atoms with Gasteiger partial charge in [0.25, 0.3) is 0 Å². The molecule has 0 radical (unpaired) electrons. The van der Waals surface area contributed by atoms with Gasteiger partial charge in [-0.2, -0.15) is 0 Å². The molecule has 1 atom stereocenters. The second-order valence-corrected chi connectivity index (χ2v) is 5.98. The molecule has 1 N–H and O–H groups in total. The number of carbonyl (C=O) groups excluding carboxylic acids is 1. The Bertz CT molecular complexity index is 887. The third-order valence-electron chi connectivity index (χ3n) is 4.27. The minimum Gasteiger partial charge on any atom is -0.325 e. The van der Waals surface area contributed by atoms with Crippen LogP contribution in [-0.4, -0.2) is 5.91 Å². The lowest BCUT2D eigenvalue weighted by Gasteiger charge is -2.27. The zero-order valence-electron chi connectivity index (χ0n) is 11.8. The molecule has 0 unspecified atom stereocenters. The molecule has 0 fully saturated rings. The lowest BCUT2D eigenvalue weighted by atomic mass is 9.83. The monoisotopic (exact) mass is 307 g/mol. The van der Waals surface area contributed by atoms with Crippen LogP contribution in [0.5, 0.6) is 0 Å². The Labute approximate surface area is 133 Å². The number of fused-ring (bicyclic) bond motifs is 3. The molecule has 4 rings (SSSR count). The Hall–Kier alpha value is -2.32. The van der Waals surface area contributed by atoms with E-state index in [-0.39, 0.29) is 11.8 Å². The Morgan fingerprint density at radius 2 is 1.68 bits per heavy atom. The van der Waals surface area contributed by atoms with Crippen LogP contribution in [0.4, 0.5) is 5.69 Å². The maximum atomic E-state index is 12.2. The Kier molecular flexibility index (Phi) is 3.12. The molecule has 1 aliphatic heterocycles. The summed E-state index contributed by atoms with van der Waals surface area (Å²) in [5.41, 5.74) is 3.06. The average molecular weight is 308 g/mol. The molecule has 0 saturated heterocycles. The van der Waals surface area contributed by atoms with Crippen molar-refractivity contribution in [3.05, 3.63) is 76.8 Å². The molecule has 0 aliphatic carbocycles. The van der Waals surface area contributed by atoms with E-state index in [0.717, 1.165) is 27.6 Å². The summed E-state index contributed by atoms with van der Waals surface area (Å²) in [5.74, 6) is 0.0378. The Morgan fingerprint density at radius 3 is 2.55 bits per heavy atom. The molecule has 1 heterocycles. The van der Waals surface area contributed by atoms with Crippen LogP contribution in [0.3, 0.4) is 0 Å². The van der Waals surface area contributed by atoms with E-state index in [9.17, 15) is 4.79 Å². The van der Waals surface area contributed by atoms with E-state index >= 15 is 0 Å². The zero-order valence-corrected chi connectivity index (χ0v) is 12.6. The molecular weight excluding hydrogens is 294 g/mol. The summed E-state index contributed by atoms with van der Waals surface area (Å²) in [6.07, 6.45) is 0.426. The SMILES string of the molecule is O=C1C[C@H](c2ccccc2Cl)c2ccc3ccccc3c2N1. The van der Waals surface area contributed by atoms with Gasteiger partial charge in [0.1, 0.15) is 0 Å². The van der Waals surface area contributed by atoms with Crippen LogP contribution in [0.15, 0.2) is 60.7 Å². The lowest BCUT2D eigenvalue weighted by Crippen LogP contribution is -2.23. The number of amides is 1. The van der Waals surface area contributed by atoms with Gasteiger partial charge in [-0.1, -0.05) is 66.2 Å². The second-order valence-electron chi connectivity index (χ2n) is 5.58. The van der Waals surface area contributed by atoms with Gasteiger partial charge in [-0.25, -0.2) is 0 Å². The number of anilines is 1. The van der Waals surface area contributed by atoms with Crippen molar-refractivity contribution < 1.29 is 4.79 Å². The van der Waals surface area contributed by atoms with Crippen molar-refractivity contribution in [2.24, 2.45) is 0 Å². The molecule has 0 bridgehead atoms. The van der Waals surface area contributed by atoms with E-state index in [1.165, 1.54) is 0 Å². The minimum atomic E-state index is 0.00190. The van der Waals surface area contributed by atoms with Gasteiger partial charge in [0, 0.05) is 22.7 Å². The molecule has 0 saturated carbocycles. The van der Waals surface area contributed by atoms with Crippen molar-refractivity contribution in [1.82, 2.24) is 0 Å². The molecule has 108 valence electrons. The van der Waals surface area contributed by atoms with E-state index < -0.39 is 0 Å². The van der Waals surface area contributed by atoms with Crippen LogP contribution < -0.4 is 5.32 Å². The molecule has 1 aliphatic rings. The van der Waals surface area contributed by atoms with E-state index in [4.69, 9.17) is 11.6 Å². The highest BCUT2D eigenvalue weighted by Gasteiger charge is 2.28. The molecular formula is C19H14ClNO. The van der Waals surface area contributed by atoms with Gasteiger partial charge in [0.15, 0.2) is 0 Å². The van der Waals surface area contributed by atoms with Crippen molar-refractivity contribution in [2.45, 2.75) is 12.3 Å². The number of carbonyl (C=O) groups is 1. The lowest BCUT2D eigenvalue weighted by molar-refractivity contribution is -0.116. The first kappa shape index (κ1) is 13.4. The van der Waals surface area contributed by atoms with Crippen molar-refractivity contribution >= 4 is 34.0 Å². The number of nitrogens with one attached hydrogen (secondary N) is 1. The van der Waals surface area contributed by atoms with E-state index in [2.05, 4.69) is 23.5 Å². The number of hydrogen-bond donors (Lipinski definition) is 1. The van der Waals surface area contributed by atoms with E-state index in [1.54, 1.807) is 0 Å². The van der Waals surface area contributed by atoms with Crippen LogP contribution in [0.25, 0.3) is 10.8 Å². The highest BCUT2D eigenvalue weighted by molar-refractivity contribution is 6.31. The van der Waals surface area contributed by atoms with Crippen LogP contribution >= 0.6 is 11.6 Å². The highest BCUT2D eigenvalue weighted by Crippen LogP contribution is 2.42. The van der Waals surface area contributed by atoms with Crippen LogP contribution in [-0.2, 0) is 4.79 Å².